The molecule has 23 heavy (non-hydrogen) atoms. The Hall–Kier alpha value is -2.18. The Balaban J connectivity index is 1.58. The van der Waals surface area contributed by atoms with Crippen molar-refractivity contribution in [2.75, 3.05) is 13.2 Å². The van der Waals surface area contributed by atoms with Crippen LogP contribution in [-0.2, 0) is 6.61 Å². The molecule has 4 rings (SSSR count). The Labute approximate surface area is 141 Å². The van der Waals surface area contributed by atoms with Gasteiger partial charge in [0, 0.05) is 5.02 Å². The van der Waals surface area contributed by atoms with E-state index in [2.05, 4.69) is 10.3 Å². The van der Waals surface area contributed by atoms with Crippen molar-refractivity contribution < 1.29 is 14.3 Å². The minimum absolute atomic E-state index is 0.251. The van der Waals surface area contributed by atoms with Crippen molar-refractivity contribution in [1.29, 1.82) is 0 Å². The third-order valence-electron chi connectivity index (χ3n) is 3.39. The smallest absolute Gasteiger partial charge is 0.179 e. The van der Waals surface area contributed by atoms with Gasteiger partial charge in [-0.3, -0.25) is 0 Å². The molecule has 0 aliphatic carbocycles. The van der Waals surface area contributed by atoms with Crippen LogP contribution >= 0.6 is 23.2 Å². The van der Waals surface area contributed by atoms with Crippen LogP contribution in [0.5, 0.6) is 11.5 Å². The van der Waals surface area contributed by atoms with Gasteiger partial charge in [0.15, 0.2) is 11.5 Å². The molecule has 0 saturated carbocycles. The van der Waals surface area contributed by atoms with Crippen molar-refractivity contribution >= 4 is 34.2 Å². The van der Waals surface area contributed by atoms with E-state index in [4.69, 9.17) is 37.5 Å². The van der Waals surface area contributed by atoms with Gasteiger partial charge in [-0.05, 0) is 41.1 Å². The standard InChI is InChI=1S/C15H11Cl2N3O3/c16-10-1-2-12-13(7-10)20(19-18-12)23-8-9-5-11(17)15-14(6-9)21-3-4-22-15/h1-2,5-7H,3-4,8H2. The molecule has 8 heteroatoms. The summed E-state index contributed by atoms with van der Waals surface area (Å²) in [6.07, 6.45) is 0. The maximum atomic E-state index is 6.21. The van der Waals surface area contributed by atoms with Gasteiger partial charge in [-0.15, -0.1) is 5.10 Å². The molecule has 0 saturated heterocycles. The topological polar surface area (TPSA) is 58.4 Å². The van der Waals surface area contributed by atoms with E-state index in [1.807, 2.05) is 6.07 Å². The number of hydrogen-bond acceptors (Lipinski definition) is 5. The Morgan fingerprint density at radius 2 is 2.00 bits per heavy atom. The van der Waals surface area contributed by atoms with E-state index in [-0.39, 0.29) is 6.61 Å². The lowest BCUT2D eigenvalue weighted by Crippen LogP contribution is -2.17. The highest BCUT2D eigenvalue weighted by Crippen LogP contribution is 2.38. The van der Waals surface area contributed by atoms with Crippen molar-refractivity contribution in [2.24, 2.45) is 0 Å². The zero-order valence-corrected chi connectivity index (χ0v) is 13.3. The summed E-state index contributed by atoms with van der Waals surface area (Å²) >= 11 is 12.2. The van der Waals surface area contributed by atoms with E-state index in [0.29, 0.717) is 45.8 Å². The van der Waals surface area contributed by atoms with Crippen LogP contribution in [0.15, 0.2) is 30.3 Å². The predicted octanol–water partition coefficient (Wildman–Crippen LogP) is 3.14. The Bertz CT molecular complexity index is 882. The summed E-state index contributed by atoms with van der Waals surface area (Å²) < 4.78 is 11.0. The lowest BCUT2D eigenvalue weighted by atomic mass is 10.2. The molecule has 118 valence electrons. The number of halogens is 2. The van der Waals surface area contributed by atoms with E-state index in [1.165, 1.54) is 4.85 Å². The van der Waals surface area contributed by atoms with Crippen molar-refractivity contribution in [3.05, 3.63) is 45.9 Å². The molecule has 0 fully saturated rings. The van der Waals surface area contributed by atoms with Crippen molar-refractivity contribution in [3.8, 4) is 11.5 Å². The molecule has 1 aliphatic rings. The van der Waals surface area contributed by atoms with Crippen molar-refractivity contribution in [1.82, 2.24) is 15.2 Å². The third-order valence-corrected chi connectivity index (χ3v) is 3.90. The molecule has 6 nitrogen and oxygen atoms in total. The lowest BCUT2D eigenvalue weighted by Gasteiger charge is -2.20. The van der Waals surface area contributed by atoms with Crippen molar-refractivity contribution in [2.45, 2.75) is 6.61 Å². The molecule has 2 aromatic carbocycles. The van der Waals surface area contributed by atoms with Gasteiger partial charge in [0.05, 0.1) is 5.02 Å². The fourth-order valence-corrected chi connectivity index (χ4v) is 2.80. The SMILES string of the molecule is Clc1ccc2nnn(OCc3cc(Cl)c4c(c3)OCCO4)c2c1. The van der Waals surface area contributed by atoms with Gasteiger partial charge in [-0.1, -0.05) is 28.0 Å². The molecular weight excluding hydrogens is 341 g/mol. The molecule has 1 aliphatic heterocycles. The van der Waals surface area contributed by atoms with Gasteiger partial charge in [-0.25, -0.2) is 0 Å². The highest BCUT2D eigenvalue weighted by Gasteiger charge is 2.17. The second-order valence-electron chi connectivity index (χ2n) is 4.97. The Morgan fingerprint density at radius 3 is 2.91 bits per heavy atom. The fraction of sp³-hybridized carbons (Fsp3) is 0.200. The minimum atomic E-state index is 0.251. The van der Waals surface area contributed by atoms with E-state index < -0.39 is 0 Å². The molecule has 0 atom stereocenters. The predicted molar refractivity (Wildman–Crippen MR) is 85.3 cm³/mol. The van der Waals surface area contributed by atoms with Gasteiger partial charge in [-0.2, -0.15) is 0 Å². The van der Waals surface area contributed by atoms with E-state index in [9.17, 15) is 0 Å². The number of aromatic nitrogens is 3. The minimum Gasteiger partial charge on any atom is -0.486 e. The van der Waals surface area contributed by atoms with Gasteiger partial charge in [0.1, 0.15) is 30.9 Å². The monoisotopic (exact) mass is 351 g/mol. The summed E-state index contributed by atoms with van der Waals surface area (Å²) in [5.41, 5.74) is 2.24. The summed E-state index contributed by atoms with van der Waals surface area (Å²) in [4.78, 5) is 7.01. The van der Waals surface area contributed by atoms with E-state index in [0.717, 1.165) is 5.56 Å². The zero-order valence-electron chi connectivity index (χ0n) is 11.8. The molecule has 0 bridgehead atoms. The zero-order chi connectivity index (χ0) is 15.8. The first-order chi connectivity index (χ1) is 11.2. The van der Waals surface area contributed by atoms with Crippen LogP contribution in [0, 0.1) is 0 Å². The van der Waals surface area contributed by atoms with Crippen LogP contribution in [0.2, 0.25) is 10.0 Å². The third kappa shape index (κ3) is 2.75. The molecule has 0 unspecified atom stereocenters. The lowest BCUT2D eigenvalue weighted by molar-refractivity contribution is 0.0748. The number of ether oxygens (including phenoxy) is 2. The highest BCUT2D eigenvalue weighted by molar-refractivity contribution is 6.32. The summed E-state index contributed by atoms with van der Waals surface area (Å²) in [6.45, 7) is 1.25. The van der Waals surface area contributed by atoms with Gasteiger partial charge in [0.2, 0.25) is 0 Å². The number of hydrogen-bond donors (Lipinski definition) is 0. The molecule has 1 aromatic heterocycles. The number of fused-ring (bicyclic) bond motifs is 2. The maximum absolute atomic E-state index is 6.21. The van der Waals surface area contributed by atoms with Crippen LogP contribution in [0.25, 0.3) is 11.0 Å². The van der Waals surface area contributed by atoms with Crippen molar-refractivity contribution in [3.63, 3.8) is 0 Å². The number of rotatable bonds is 3. The van der Waals surface area contributed by atoms with Crippen LogP contribution < -0.4 is 14.3 Å². The van der Waals surface area contributed by atoms with Crippen LogP contribution in [0.1, 0.15) is 5.56 Å². The van der Waals surface area contributed by atoms with Crippen LogP contribution in [-0.4, -0.2) is 28.4 Å². The van der Waals surface area contributed by atoms with Crippen LogP contribution in [0.3, 0.4) is 0 Å². The van der Waals surface area contributed by atoms with Gasteiger partial charge < -0.3 is 14.3 Å². The second kappa shape index (κ2) is 5.79. The molecule has 0 spiro atoms. The first-order valence-corrected chi connectivity index (χ1v) is 7.68. The second-order valence-corrected chi connectivity index (χ2v) is 5.81. The quantitative estimate of drug-likeness (QED) is 0.725. The molecule has 2 heterocycles. The van der Waals surface area contributed by atoms with Gasteiger partial charge in [0.25, 0.3) is 0 Å². The molecule has 3 aromatic rings. The number of benzene rings is 2. The summed E-state index contributed by atoms with van der Waals surface area (Å²) in [5, 5.41) is 9.06. The molecule has 0 N–H and O–H groups in total. The highest BCUT2D eigenvalue weighted by atomic mass is 35.5. The Kier molecular flexibility index (Phi) is 3.63. The van der Waals surface area contributed by atoms with E-state index >= 15 is 0 Å². The summed E-state index contributed by atoms with van der Waals surface area (Å²) in [6, 6.07) is 8.90. The molecule has 0 amide bonds. The maximum Gasteiger partial charge on any atom is 0.179 e. The summed E-state index contributed by atoms with van der Waals surface area (Å²) in [7, 11) is 0. The molecule has 0 radical (unpaired) electrons. The molecular formula is C15H11Cl2N3O3. The number of nitrogens with zero attached hydrogens (tertiary/aromatic N) is 3. The summed E-state index contributed by atoms with van der Waals surface area (Å²) in [5.74, 6) is 1.19. The Morgan fingerprint density at radius 1 is 1.13 bits per heavy atom. The first kappa shape index (κ1) is 14.4. The van der Waals surface area contributed by atoms with Crippen LogP contribution in [0.4, 0.5) is 0 Å². The average molecular weight is 352 g/mol. The average Bonchev–Trinajstić information content (AvgIpc) is 2.95. The first-order valence-electron chi connectivity index (χ1n) is 6.93. The van der Waals surface area contributed by atoms with Gasteiger partial charge >= 0.3 is 0 Å². The van der Waals surface area contributed by atoms with E-state index in [1.54, 1.807) is 24.3 Å². The fourth-order valence-electron chi connectivity index (χ4n) is 2.35. The largest absolute Gasteiger partial charge is 0.486 e. The normalized spacial score (nSPS) is 13.3.